The van der Waals surface area contributed by atoms with Gasteiger partial charge in [0.25, 0.3) is 0 Å². The number of aryl methyl sites for hydroxylation is 1. The van der Waals surface area contributed by atoms with Crippen molar-refractivity contribution in [2.24, 2.45) is 0 Å². The SMILES string of the molecule is CCC(Nc1ccc(F)c(C(=O)O)c1)c1ccc(C)cc1. The molecule has 0 fully saturated rings. The van der Waals surface area contributed by atoms with Crippen LogP contribution in [0.1, 0.15) is 40.9 Å². The number of rotatable bonds is 5. The molecule has 1 unspecified atom stereocenters. The van der Waals surface area contributed by atoms with E-state index in [4.69, 9.17) is 5.11 Å². The lowest BCUT2D eigenvalue weighted by molar-refractivity contribution is 0.0692. The van der Waals surface area contributed by atoms with E-state index in [1.165, 1.54) is 17.7 Å². The van der Waals surface area contributed by atoms with Crippen molar-refractivity contribution in [3.05, 3.63) is 65.0 Å². The topological polar surface area (TPSA) is 49.3 Å². The second-order valence-corrected chi connectivity index (χ2v) is 5.02. The Morgan fingerprint density at radius 1 is 1.24 bits per heavy atom. The molecule has 0 bridgehead atoms. The Morgan fingerprint density at radius 2 is 1.90 bits per heavy atom. The van der Waals surface area contributed by atoms with Crippen LogP contribution in [0.25, 0.3) is 0 Å². The predicted octanol–water partition coefficient (Wildman–Crippen LogP) is 4.40. The molecule has 0 saturated carbocycles. The summed E-state index contributed by atoms with van der Waals surface area (Å²) in [7, 11) is 0. The zero-order valence-corrected chi connectivity index (χ0v) is 12.1. The van der Waals surface area contributed by atoms with Gasteiger partial charge < -0.3 is 10.4 Å². The van der Waals surface area contributed by atoms with Gasteiger partial charge in [-0.05, 0) is 37.1 Å². The molecular formula is C17H18FNO2. The Balaban J connectivity index is 2.24. The fourth-order valence-electron chi connectivity index (χ4n) is 2.20. The molecule has 2 rings (SSSR count). The molecule has 1 atom stereocenters. The molecule has 2 N–H and O–H groups in total. The van der Waals surface area contributed by atoms with Gasteiger partial charge in [-0.25, -0.2) is 9.18 Å². The zero-order valence-electron chi connectivity index (χ0n) is 12.1. The van der Waals surface area contributed by atoms with Gasteiger partial charge in [-0.3, -0.25) is 0 Å². The van der Waals surface area contributed by atoms with Crippen LogP contribution in [0.5, 0.6) is 0 Å². The summed E-state index contributed by atoms with van der Waals surface area (Å²) in [5.41, 5.74) is 2.58. The molecule has 0 aromatic heterocycles. The van der Waals surface area contributed by atoms with Crippen LogP contribution >= 0.6 is 0 Å². The highest BCUT2D eigenvalue weighted by atomic mass is 19.1. The van der Waals surface area contributed by atoms with E-state index in [9.17, 15) is 9.18 Å². The summed E-state index contributed by atoms with van der Waals surface area (Å²) in [5, 5.41) is 12.2. The van der Waals surface area contributed by atoms with Crippen molar-refractivity contribution in [1.29, 1.82) is 0 Å². The van der Waals surface area contributed by atoms with Gasteiger partial charge in [0, 0.05) is 5.69 Å². The van der Waals surface area contributed by atoms with Gasteiger partial charge in [0.15, 0.2) is 0 Å². The van der Waals surface area contributed by atoms with E-state index in [0.717, 1.165) is 12.0 Å². The first-order chi connectivity index (χ1) is 10.0. The van der Waals surface area contributed by atoms with Crippen LogP contribution < -0.4 is 5.32 Å². The normalized spacial score (nSPS) is 12.0. The maximum atomic E-state index is 13.4. The zero-order chi connectivity index (χ0) is 15.4. The largest absolute Gasteiger partial charge is 0.478 e. The summed E-state index contributed by atoms with van der Waals surface area (Å²) < 4.78 is 13.4. The number of aromatic carboxylic acids is 1. The first-order valence-corrected chi connectivity index (χ1v) is 6.87. The van der Waals surface area contributed by atoms with Crippen LogP contribution in [-0.2, 0) is 0 Å². The van der Waals surface area contributed by atoms with E-state index in [0.29, 0.717) is 5.69 Å². The average Bonchev–Trinajstić information content (AvgIpc) is 2.47. The monoisotopic (exact) mass is 287 g/mol. The molecule has 2 aromatic carbocycles. The number of carboxylic acids is 1. The van der Waals surface area contributed by atoms with Gasteiger partial charge in [-0.1, -0.05) is 36.8 Å². The molecule has 0 aliphatic heterocycles. The van der Waals surface area contributed by atoms with Crippen molar-refractivity contribution in [2.75, 3.05) is 5.32 Å². The highest BCUT2D eigenvalue weighted by molar-refractivity contribution is 5.89. The summed E-state index contributed by atoms with van der Waals surface area (Å²) in [6.07, 6.45) is 0.836. The summed E-state index contributed by atoms with van der Waals surface area (Å²) in [5.74, 6) is -1.99. The fraction of sp³-hybridized carbons (Fsp3) is 0.235. The van der Waals surface area contributed by atoms with Gasteiger partial charge in [0.05, 0.1) is 11.6 Å². The molecule has 0 heterocycles. The Kier molecular flexibility index (Phi) is 4.58. The molecule has 3 nitrogen and oxygen atoms in total. The van der Waals surface area contributed by atoms with E-state index in [1.807, 2.05) is 38.1 Å². The highest BCUT2D eigenvalue weighted by Gasteiger charge is 2.13. The van der Waals surface area contributed by atoms with Crippen LogP contribution in [0.15, 0.2) is 42.5 Å². The fourth-order valence-corrected chi connectivity index (χ4v) is 2.20. The van der Waals surface area contributed by atoms with Gasteiger partial charge in [0.1, 0.15) is 5.82 Å². The van der Waals surface area contributed by atoms with Crippen LogP contribution in [-0.4, -0.2) is 11.1 Å². The third kappa shape index (κ3) is 3.60. The number of nitrogens with one attached hydrogen (secondary N) is 1. The first-order valence-electron chi connectivity index (χ1n) is 6.87. The lowest BCUT2D eigenvalue weighted by Gasteiger charge is -2.19. The molecule has 4 heteroatoms. The number of hydrogen-bond donors (Lipinski definition) is 2. The summed E-state index contributed by atoms with van der Waals surface area (Å²) in [6, 6.07) is 12.3. The number of anilines is 1. The smallest absolute Gasteiger partial charge is 0.338 e. The second-order valence-electron chi connectivity index (χ2n) is 5.02. The number of hydrogen-bond acceptors (Lipinski definition) is 2. The molecule has 110 valence electrons. The van der Waals surface area contributed by atoms with Crippen LogP contribution in [0.3, 0.4) is 0 Å². The quantitative estimate of drug-likeness (QED) is 0.857. The molecule has 0 saturated heterocycles. The molecule has 0 spiro atoms. The highest BCUT2D eigenvalue weighted by Crippen LogP contribution is 2.24. The van der Waals surface area contributed by atoms with Crippen LogP contribution in [0.4, 0.5) is 10.1 Å². The Hall–Kier alpha value is -2.36. The van der Waals surface area contributed by atoms with E-state index in [2.05, 4.69) is 5.32 Å². The summed E-state index contributed by atoms with van der Waals surface area (Å²) in [6.45, 7) is 4.07. The predicted molar refractivity (Wildman–Crippen MR) is 81.2 cm³/mol. The van der Waals surface area contributed by atoms with E-state index in [-0.39, 0.29) is 11.6 Å². The van der Waals surface area contributed by atoms with Crippen molar-refractivity contribution in [2.45, 2.75) is 26.3 Å². The third-order valence-electron chi connectivity index (χ3n) is 3.43. The molecule has 21 heavy (non-hydrogen) atoms. The maximum Gasteiger partial charge on any atom is 0.338 e. The summed E-state index contributed by atoms with van der Waals surface area (Å²) >= 11 is 0. The van der Waals surface area contributed by atoms with Gasteiger partial charge in [-0.2, -0.15) is 0 Å². The van der Waals surface area contributed by atoms with E-state index in [1.54, 1.807) is 6.07 Å². The van der Waals surface area contributed by atoms with Crippen LogP contribution in [0.2, 0.25) is 0 Å². The average molecular weight is 287 g/mol. The second kappa shape index (κ2) is 6.39. The number of benzene rings is 2. The summed E-state index contributed by atoms with van der Waals surface area (Å²) in [4.78, 5) is 11.0. The standard InChI is InChI=1S/C17H18FNO2/c1-3-16(12-6-4-11(2)5-7-12)19-13-8-9-15(18)14(10-13)17(20)21/h4-10,16,19H,3H2,1-2H3,(H,20,21). The Bertz CT molecular complexity index is 638. The molecule has 0 aliphatic carbocycles. The first kappa shape index (κ1) is 15.0. The number of carboxylic acid groups (broad SMARTS) is 1. The van der Waals surface area contributed by atoms with Crippen molar-refractivity contribution in [3.8, 4) is 0 Å². The Labute approximate surface area is 123 Å². The van der Waals surface area contributed by atoms with Crippen molar-refractivity contribution in [3.63, 3.8) is 0 Å². The lowest BCUT2D eigenvalue weighted by atomic mass is 10.0. The minimum absolute atomic E-state index is 0.0534. The molecule has 0 aliphatic rings. The van der Waals surface area contributed by atoms with Crippen molar-refractivity contribution >= 4 is 11.7 Å². The molecule has 0 radical (unpaired) electrons. The van der Waals surface area contributed by atoms with Crippen LogP contribution in [0, 0.1) is 12.7 Å². The van der Waals surface area contributed by atoms with Gasteiger partial charge in [-0.15, -0.1) is 0 Å². The van der Waals surface area contributed by atoms with E-state index < -0.39 is 11.8 Å². The molecular weight excluding hydrogens is 269 g/mol. The lowest BCUT2D eigenvalue weighted by Crippen LogP contribution is -2.11. The third-order valence-corrected chi connectivity index (χ3v) is 3.43. The van der Waals surface area contributed by atoms with Crippen molar-refractivity contribution < 1.29 is 14.3 Å². The number of carbonyl (C=O) groups is 1. The van der Waals surface area contributed by atoms with Gasteiger partial charge >= 0.3 is 5.97 Å². The minimum Gasteiger partial charge on any atom is -0.478 e. The van der Waals surface area contributed by atoms with E-state index >= 15 is 0 Å². The minimum atomic E-state index is -1.26. The molecule has 0 amide bonds. The van der Waals surface area contributed by atoms with Crippen molar-refractivity contribution in [1.82, 2.24) is 0 Å². The molecule has 2 aromatic rings. The number of halogens is 1. The van der Waals surface area contributed by atoms with Gasteiger partial charge in [0.2, 0.25) is 0 Å². The maximum absolute atomic E-state index is 13.4. The Morgan fingerprint density at radius 3 is 2.48 bits per heavy atom.